The average molecular weight is 729 g/mol. The summed E-state index contributed by atoms with van der Waals surface area (Å²) in [4.78, 5) is 14.0. The number of piperidine rings is 1. The Hall–Kier alpha value is -0.760. The second-order valence-electron chi connectivity index (χ2n) is 12.5. The Bertz CT molecular complexity index is 565. The number of rotatable bonds is 0. The fraction of sp³-hybridized carbons (Fsp3) is 0.911. The second kappa shape index (κ2) is 58.5. The maximum Gasteiger partial charge on any atom is 0.0163 e. The fourth-order valence-electron chi connectivity index (χ4n) is 4.97. The highest BCUT2D eigenvalue weighted by Crippen LogP contribution is 2.07. The van der Waals surface area contributed by atoms with E-state index in [1.54, 1.807) is 0 Å². The van der Waals surface area contributed by atoms with Crippen LogP contribution in [0.3, 0.4) is 0 Å². The molecular weight excluding hydrogens is 625 g/mol. The second-order valence-corrected chi connectivity index (χ2v) is 12.5. The molecule has 0 spiro atoms. The van der Waals surface area contributed by atoms with Crippen LogP contribution in [-0.2, 0) is 0 Å². The summed E-state index contributed by atoms with van der Waals surface area (Å²) in [5.41, 5.74) is 0. The van der Waals surface area contributed by atoms with Crippen LogP contribution >= 0.6 is 0 Å². The van der Waals surface area contributed by atoms with Crippen molar-refractivity contribution in [2.45, 2.75) is 154 Å². The van der Waals surface area contributed by atoms with Crippen LogP contribution in [0.1, 0.15) is 154 Å². The molecule has 0 N–H and O–H groups in total. The number of likely N-dealkylation sites (tertiary alicyclic amines) is 4. The van der Waals surface area contributed by atoms with Gasteiger partial charge >= 0.3 is 0 Å². The van der Waals surface area contributed by atoms with Crippen LogP contribution in [0.4, 0.5) is 0 Å². The van der Waals surface area contributed by atoms with Crippen molar-refractivity contribution in [3.8, 4) is 0 Å². The quantitative estimate of drug-likeness (QED) is 0.230. The number of hydrogen-bond donors (Lipinski definition) is 0. The van der Waals surface area contributed by atoms with Gasteiger partial charge in [0.2, 0.25) is 0 Å². The molecule has 0 amide bonds. The van der Waals surface area contributed by atoms with Crippen LogP contribution < -0.4 is 0 Å². The summed E-state index contributed by atoms with van der Waals surface area (Å²) < 4.78 is 0. The lowest BCUT2D eigenvalue weighted by Gasteiger charge is -2.24. The third-order valence-electron chi connectivity index (χ3n) is 8.08. The van der Waals surface area contributed by atoms with Gasteiger partial charge in [-0.05, 0) is 146 Å². The van der Waals surface area contributed by atoms with Crippen LogP contribution in [0.5, 0.6) is 0 Å². The van der Waals surface area contributed by atoms with Crippen molar-refractivity contribution >= 4 is 0 Å². The van der Waals surface area contributed by atoms with Crippen molar-refractivity contribution in [3.05, 3.63) is 24.3 Å². The molecule has 6 rings (SSSR count). The van der Waals surface area contributed by atoms with Gasteiger partial charge in [-0.3, -0.25) is 4.90 Å². The van der Waals surface area contributed by atoms with Gasteiger partial charge in [-0.25, -0.2) is 0 Å². The van der Waals surface area contributed by atoms with Crippen molar-refractivity contribution in [3.63, 3.8) is 0 Å². The molecule has 4 saturated heterocycles. The first-order valence-electron chi connectivity index (χ1n) is 22.3. The Morgan fingerprint density at radius 3 is 0.627 bits per heavy atom. The van der Waals surface area contributed by atoms with Gasteiger partial charge in [0.15, 0.2) is 0 Å². The SMILES string of the molecule is CC.CC.CC.CC.CC.CC.CN1CC=CC1.CN1CC=CCC1.CN1CCC1.CN1CCCC1.CN1CCCCC1.CN1CCCCCC1. The minimum Gasteiger partial charge on any atom is -0.306 e. The average Bonchev–Trinajstić information content (AvgIpc) is 3.82. The Balaban J connectivity index is -0.000000113. The van der Waals surface area contributed by atoms with Gasteiger partial charge in [0, 0.05) is 26.2 Å². The van der Waals surface area contributed by atoms with Crippen molar-refractivity contribution in [2.75, 3.05) is 121 Å². The van der Waals surface area contributed by atoms with E-state index in [-0.39, 0.29) is 0 Å². The molecule has 0 aliphatic carbocycles. The molecule has 6 aliphatic heterocycles. The molecule has 6 aliphatic rings. The van der Waals surface area contributed by atoms with E-state index in [0.29, 0.717) is 0 Å². The molecule has 0 atom stereocenters. The smallest absolute Gasteiger partial charge is 0.0163 e. The van der Waals surface area contributed by atoms with Gasteiger partial charge in [0.1, 0.15) is 0 Å². The van der Waals surface area contributed by atoms with Crippen LogP contribution in [0.2, 0.25) is 0 Å². The number of likely N-dealkylation sites (N-methyl/N-ethyl adjacent to an activating group) is 2. The van der Waals surface area contributed by atoms with Gasteiger partial charge in [-0.15, -0.1) is 0 Å². The van der Waals surface area contributed by atoms with Crippen LogP contribution in [0.15, 0.2) is 24.3 Å². The first kappa shape index (κ1) is 62.2. The van der Waals surface area contributed by atoms with Crippen molar-refractivity contribution < 1.29 is 0 Å². The molecular formula is C45H104N6. The molecule has 6 heterocycles. The highest BCUT2D eigenvalue weighted by molar-refractivity contribution is 4.93. The van der Waals surface area contributed by atoms with Gasteiger partial charge < -0.3 is 24.5 Å². The summed E-state index contributed by atoms with van der Waals surface area (Å²) in [5, 5.41) is 0. The van der Waals surface area contributed by atoms with Crippen molar-refractivity contribution in [1.82, 2.24) is 29.4 Å². The van der Waals surface area contributed by atoms with Crippen molar-refractivity contribution in [1.29, 1.82) is 0 Å². The molecule has 0 aromatic rings. The molecule has 314 valence electrons. The Morgan fingerprint density at radius 2 is 0.471 bits per heavy atom. The summed E-state index contributed by atoms with van der Waals surface area (Å²) >= 11 is 0. The Labute approximate surface area is 327 Å². The van der Waals surface area contributed by atoms with E-state index in [0.717, 1.165) is 19.6 Å². The third kappa shape index (κ3) is 56.1. The zero-order valence-corrected chi connectivity index (χ0v) is 39.3. The number of hydrogen-bond acceptors (Lipinski definition) is 6. The minimum atomic E-state index is 1.14. The normalized spacial score (nSPS) is 19.5. The minimum absolute atomic E-state index is 1.14. The molecule has 4 fully saturated rings. The van der Waals surface area contributed by atoms with Crippen LogP contribution in [0.25, 0.3) is 0 Å². The van der Waals surface area contributed by atoms with Crippen LogP contribution in [0, 0.1) is 0 Å². The van der Waals surface area contributed by atoms with E-state index in [2.05, 4.69) is 96.0 Å². The molecule has 0 unspecified atom stereocenters. The summed E-state index contributed by atoms with van der Waals surface area (Å²) in [6.07, 6.45) is 24.3. The van der Waals surface area contributed by atoms with Gasteiger partial charge in [-0.2, -0.15) is 0 Å². The summed E-state index contributed by atoms with van der Waals surface area (Å²) in [5.74, 6) is 0. The van der Waals surface area contributed by atoms with Crippen molar-refractivity contribution in [2.24, 2.45) is 0 Å². The third-order valence-corrected chi connectivity index (χ3v) is 8.08. The van der Waals surface area contributed by atoms with E-state index < -0.39 is 0 Å². The maximum atomic E-state index is 2.42. The highest BCUT2D eigenvalue weighted by atomic mass is 15.1. The molecule has 0 aromatic carbocycles. The topological polar surface area (TPSA) is 19.4 Å². The first-order chi connectivity index (χ1) is 24.9. The lowest BCUT2D eigenvalue weighted by atomic mass is 10.1. The predicted octanol–water partition coefficient (Wildman–Crippen LogP) is 11.2. The first-order valence-corrected chi connectivity index (χ1v) is 22.3. The van der Waals surface area contributed by atoms with E-state index in [4.69, 9.17) is 0 Å². The van der Waals surface area contributed by atoms with Gasteiger partial charge in [0.25, 0.3) is 0 Å². The van der Waals surface area contributed by atoms with Crippen LogP contribution in [-0.4, -0.2) is 150 Å². The van der Waals surface area contributed by atoms with Gasteiger partial charge in [-0.1, -0.05) is 127 Å². The molecule has 6 nitrogen and oxygen atoms in total. The fourth-order valence-corrected chi connectivity index (χ4v) is 4.97. The predicted molar refractivity (Wildman–Crippen MR) is 242 cm³/mol. The van der Waals surface area contributed by atoms with E-state index in [1.165, 1.54) is 130 Å². The largest absolute Gasteiger partial charge is 0.306 e. The van der Waals surface area contributed by atoms with E-state index >= 15 is 0 Å². The molecule has 6 heteroatoms. The zero-order valence-electron chi connectivity index (χ0n) is 39.3. The summed E-state index contributed by atoms with van der Waals surface area (Å²) in [6, 6.07) is 0. The molecule has 0 saturated carbocycles. The highest BCUT2D eigenvalue weighted by Gasteiger charge is 2.05. The monoisotopic (exact) mass is 729 g/mol. The standard InChI is InChI=1S/C7H15N.C6H13N.C6H11N.C5H11N.C5H9N.C4H9N.6C2H6/c1-8-6-4-2-3-5-7-8;2*1-7-5-3-2-4-6-7;2*1-6-4-2-3-5-6;1-5-3-2-4-5;6*1-2/h2-7H2,1H3;2-6H2,1H3;2-3H,4-6H2,1H3;2-5H2,1H3;2-3H,4-5H2,1H3;2-4H2,1H3;6*1-2H3. The zero-order chi connectivity index (χ0) is 40.6. The molecule has 0 radical (unpaired) electrons. The maximum absolute atomic E-state index is 2.42. The summed E-state index contributed by atoms with van der Waals surface area (Å²) in [6.45, 7) is 39.2. The molecule has 0 bridgehead atoms. The molecule has 0 aromatic heterocycles. The number of nitrogens with zero attached hydrogens (tertiary/aromatic N) is 6. The van der Waals surface area contributed by atoms with E-state index in [1.807, 2.05) is 83.1 Å². The van der Waals surface area contributed by atoms with E-state index in [9.17, 15) is 0 Å². The lowest BCUT2D eigenvalue weighted by molar-refractivity contribution is 0.229. The summed E-state index contributed by atoms with van der Waals surface area (Å²) in [7, 11) is 13.0. The Kier molecular flexibility index (Phi) is 71.4. The van der Waals surface area contributed by atoms with Gasteiger partial charge in [0.05, 0.1) is 0 Å². The Morgan fingerprint density at radius 1 is 0.235 bits per heavy atom. The lowest BCUT2D eigenvalue weighted by Crippen LogP contribution is -2.32. The molecule has 51 heavy (non-hydrogen) atoms.